The number of amides is 2. The van der Waals surface area contributed by atoms with Gasteiger partial charge < -0.3 is 15.4 Å². The Kier molecular flexibility index (Phi) is 5.97. The van der Waals surface area contributed by atoms with Gasteiger partial charge in [-0.25, -0.2) is 8.42 Å². The van der Waals surface area contributed by atoms with Crippen molar-refractivity contribution in [2.45, 2.75) is 24.8 Å². The number of ether oxygens (including phenoxy) is 1. The van der Waals surface area contributed by atoms with Gasteiger partial charge >= 0.3 is 0 Å². The number of likely N-dealkylation sites (N-methyl/N-ethyl adjacent to an activating group) is 1. The molecule has 0 saturated carbocycles. The Morgan fingerprint density at radius 2 is 2.03 bits per heavy atom. The van der Waals surface area contributed by atoms with E-state index < -0.39 is 22.0 Å². The van der Waals surface area contributed by atoms with Gasteiger partial charge in [0, 0.05) is 23.3 Å². The lowest BCUT2D eigenvalue weighted by Crippen LogP contribution is -2.36. The van der Waals surface area contributed by atoms with Crippen LogP contribution in [0.4, 0.5) is 11.4 Å². The van der Waals surface area contributed by atoms with Gasteiger partial charge in [0.15, 0.2) is 6.10 Å². The summed E-state index contributed by atoms with van der Waals surface area (Å²) >= 11 is 3.32. The number of rotatable bonds is 5. The Morgan fingerprint density at radius 3 is 2.72 bits per heavy atom. The van der Waals surface area contributed by atoms with Crippen LogP contribution in [-0.4, -0.2) is 44.2 Å². The lowest BCUT2D eigenvalue weighted by molar-refractivity contribution is -0.122. The molecule has 0 fully saturated rings. The van der Waals surface area contributed by atoms with Gasteiger partial charge in [0.25, 0.3) is 5.91 Å². The third-order valence-electron chi connectivity index (χ3n) is 4.37. The highest BCUT2D eigenvalue weighted by Crippen LogP contribution is 2.35. The van der Waals surface area contributed by atoms with Crippen molar-refractivity contribution < 1.29 is 22.7 Å². The van der Waals surface area contributed by atoms with Crippen LogP contribution in [0.15, 0.2) is 45.8 Å². The first-order valence-corrected chi connectivity index (χ1v) is 10.9. The Morgan fingerprint density at radius 1 is 1.31 bits per heavy atom. The molecule has 2 aromatic rings. The number of aryl methyl sites for hydroxylation is 1. The SMILES string of the molecule is Cc1cc2c(cc1S(=O)(=O)N(C)CC(=O)Nc1cccc(Br)c1)O[C@H](C)C(=O)N2. The van der Waals surface area contributed by atoms with Crippen molar-refractivity contribution in [1.82, 2.24) is 4.31 Å². The van der Waals surface area contributed by atoms with Crippen molar-refractivity contribution in [1.29, 1.82) is 0 Å². The molecule has 1 atom stereocenters. The highest BCUT2D eigenvalue weighted by molar-refractivity contribution is 9.10. The van der Waals surface area contributed by atoms with Gasteiger partial charge in [0.1, 0.15) is 5.75 Å². The summed E-state index contributed by atoms with van der Waals surface area (Å²) in [6.07, 6.45) is -0.727. The van der Waals surface area contributed by atoms with Gasteiger partial charge in [-0.3, -0.25) is 9.59 Å². The molecule has 2 amide bonds. The van der Waals surface area contributed by atoms with Crippen molar-refractivity contribution >= 4 is 49.1 Å². The first-order chi connectivity index (χ1) is 13.6. The molecular formula is C19H20BrN3O5S. The lowest BCUT2D eigenvalue weighted by Gasteiger charge is -2.25. The first kappa shape index (κ1) is 21.3. The number of carbonyl (C=O) groups excluding carboxylic acids is 2. The number of carbonyl (C=O) groups is 2. The lowest BCUT2D eigenvalue weighted by atomic mass is 10.1. The number of halogens is 1. The summed E-state index contributed by atoms with van der Waals surface area (Å²) in [5.41, 5.74) is 1.40. The van der Waals surface area contributed by atoms with Crippen LogP contribution >= 0.6 is 15.9 Å². The van der Waals surface area contributed by atoms with E-state index >= 15 is 0 Å². The van der Waals surface area contributed by atoms with Crippen LogP contribution in [0, 0.1) is 6.92 Å². The fourth-order valence-electron chi connectivity index (χ4n) is 2.84. The van der Waals surface area contributed by atoms with Crippen LogP contribution < -0.4 is 15.4 Å². The Balaban J connectivity index is 1.80. The molecule has 2 N–H and O–H groups in total. The second kappa shape index (κ2) is 8.13. The third kappa shape index (κ3) is 4.60. The molecule has 0 spiro atoms. The van der Waals surface area contributed by atoms with Crippen molar-refractivity contribution in [2.75, 3.05) is 24.2 Å². The molecule has 8 nitrogen and oxygen atoms in total. The number of nitrogens with one attached hydrogen (secondary N) is 2. The van der Waals surface area contributed by atoms with E-state index in [-0.39, 0.29) is 23.1 Å². The average Bonchev–Trinajstić information content (AvgIpc) is 2.62. The molecule has 1 aliphatic heterocycles. The van der Waals surface area contributed by atoms with Gasteiger partial charge in [0.05, 0.1) is 17.1 Å². The first-order valence-electron chi connectivity index (χ1n) is 8.72. The molecule has 0 aliphatic carbocycles. The minimum atomic E-state index is -3.96. The number of hydrogen-bond donors (Lipinski definition) is 2. The topological polar surface area (TPSA) is 105 Å². The van der Waals surface area contributed by atoms with Gasteiger partial charge in [-0.05, 0) is 43.7 Å². The van der Waals surface area contributed by atoms with Crippen LogP contribution in [0.25, 0.3) is 0 Å². The van der Waals surface area contributed by atoms with Crippen molar-refractivity contribution in [2.24, 2.45) is 0 Å². The van der Waals surface area contributed by atoms with E-state index in [1.54, 1.807) is 38.1 Å². The largest absolute Gasteiger partial charge is 0.479 e. The third-order valence-corrected chi connectivity index (χ3v) is 6.81. The summed E-state index contributed by atoms with van der Waals surface area (Å²) in [6, 6.07) is 9.91. The molecule has 0 radical (unpaired) electrons. The molecule has 154 valence electrons. The predicted octanol–water partition coefficient (Wildman–Crippen LogP) is 2.74. The number of hydrogen-bond acceptors (Lipinski definition) is 5. The number of benzene rings is 2. The molecule has 0 saturated heterocycles. The maximum atomic E-state index is 13.0. The van der Waals surface area contributed by atoms with Crippen LogP contribution in [0.2, 0.25) is 0 Å². The van der Waals surface area contributed by atoms with E-state index in [2.05, 4.69) is 26.6 Å². The van der Waals surface area contributed by atoms with Gasteiger partial charge in [-0.2, -0.15) is 4.31 Å². The normalized spacial score (nSPS) is 16.0. The molecule has 10 heteroatoms. The monoisotopic (exact) mass is 481 g/mol. The van der Waals surface area contributed by atoms with Crippen LogP contribution in [0.5, 0.6) is 5.75 Å². The number of fused-ring (bicyclic) bond motifs is 1. The fraction of sp³-hybridized carbons (Fsp3) is 0.263. The molecule has 0 unspecified atom stereocenters. The summed E-state index contributed by atoms with van der Waals surface area (Å²) in [6.45, 7) is 2.83. The number of anilines is 2. The standard InChI is InChI=1S/C19H20BrN3O5S/c1-11-7-15-16(28-12(2)19(25)22-15)9-17(11)29(26,27)23(3)10-18(24)21-14-6-4-5-13(20)8-14/h4-9,12H,10H2,1-3H3,(H,21,24)(H,22,25)/t12-/m1/s1. The maximum Gasteiger partial charge on any atom is 0.265 e. The zero-order chi connectivity index (χ0) is 21.3. The predicted molar refractivity (Wildman–Crippen MR) is 112 cm³/mol. The van der Waals surface area contributed by atoms with Crippen molar-refractivity contribution in [3.8, 4) is 5.75 Å². The quantitative estimate of drug-likeness (QED) is 0.682. The zero-order valence-electron chi connectivity index (χ0n) is 16.0. The highest BCUT2D eigenvalue weighted by Gasteiger charge is 2.30. The van der Waals surface area contributed by atoms with Crippen LogP contribution in [0.3, 0.4) is 0 Å². The van der Waals surface area contributed by atoms with Crippen molar-refractivity contribution in [3.05, 3.63) is 46.4 Å². The summed E-state index contributed by atoms with van der Waals surface area (Å²) in [5, 5.41) is 5.35. The zero-order valence-corrected chi connectivity index (χ0v) is 18.4. The molecule has 0 aromatic heterocycles. The second-order valence-corrected chi connectivity index (χ2v) is 9.61. The molecule has 29 heavy (non-hydrogen) atoms. The van der Waals surface area contributed by atoms with Gasteiger partial charge in [0.2, 0.25) is 15.9 Å². The summed E-state index contributed by atoms with van der Waals surface area (Å²) < 4.78 is 33.3. The molecule has 1 heterocycles. The fourth-order valence-corrected chi connectivity index (χ4v) is 4.59. The minimum absolute atomic E-state index is 0.0114. The molecular weight excluding hydrogens is 462 g/mol. The Labute approximate surface area is 177 Å². The second-order valence-electron chi connectivity index (χ2n) is 6.68. The Bertz CT molecular complexity index is 1090. The summed E-state index contributed by atoms with van der Waals surface area (Å²) in [4.78, 5) is 24.1. The number of sulfonamides is 1. The summed E-state index contributed by atoms with van der Waals surface area (Å²) in [7, 11) is -2.63. The smallest absolute Gasteiger partial charge is 0.265 e. The van der Waals surface area contributed by atoms with E-state index in [0.29, 0.717) is 16.9 Å². The van der Waals surface area contributed by atoms with E-state index in [9.17, 15) is 18.0 Å². The van der Waals surface area contributed by atoms with Gasteiger partial charge in [-0.15, -0.1) is 0 Å². The van der Waals surface area contributed by atoms with Crippen molar-refractivity contribution in [3.63, 3.8) is 0 Å². The molecule has 3 rings (SSSR count). The van der Waals surface area contributed by atoms with E-state index in [0.717, 1.165) is 8.78 Å². The van der Waals surface area contributed by atoms with Crippen LogP contribution in [-0.2, 0) is 19.6 Å². The molecule has 2 aromatic carbocycles. The average molecular weight is 482 g/mol. The van der Waals surface area contributed by atoms with Gasteiger partial charge in [-0.1, -0.05) is 22.0 Å². The van der Waals surface area contributed by atoms with Crippen LogP contribution in [0.1, 0.15) is 12.5 Å². The van der Waals surface area contributed by atoms with E-state index in [1.165, 1.54) is 13.1 Å². The van der Waals surface area contributed by atoms with E-state index in [1.807, 2.05) is 6.07 Å². The molecule has 1 aliphatic rings. The summed E-state index contributed by atoms with van der Waals surface area (Å²) in [5.74, 6) is -0.496. The molecule has 0 bridgehead atoms. The minimum Gasteiger partial charge on any atom is -0.479 e. The highest BCUT2D eigenvalue weighted by atomic mass is 79.9. The number of nitrogens with zero attached hydrogens (tertiary/aromatic N) is 1. The maximum absolute atomic E-state index is 13.0. The Hall–Kier alpha value is -2.43. The van der Waals surface area contributed by atoms with E-state index in [4.69, 9.17) is 4.74 Å².